The van der Waals surface area contributed by atoms with Gasteiger partial charge in [-0.25, -0.2) is 4.79 Å². The molecule has 3 rings (SSSR count). The topological polar surface area (TPSA) is 73.3 Å². The van der Waals surface area contributed by atoms with Gasteiger partial charge in [-0.15, -0.1) is 0 Å². The molecule has 0 aromatic rings. The van der Waals surface area contributed by atoms with Gasteiger partial charge in [0, 0.05) is 32.7 Å². The lowest BCUT2D eigenvalue weighted by Gasteiger charge is -2.42. The van der Waals surface area contributed by atoms with E-state index in [4.69, 9.17) is 22.1 Å². The van der Waals surface area contributed by atoms with E-state index in [1.807, 2.05) is 6.92 Å². The Hall–Kier alpha value is -1.57. The Bertz CT molecular complexity index is 523. The second-order valence-corrected chi connectivity index (χ2v) is 6.96. The van der Waals surface area contributed by atoms with Crippen LogP contribution in [0.4, 0.5) is 4.79 Å². The van der Waals surface area contributed by atoms with Gasteiger partial charge >= 0.3 is 12.1 Å². The number of carbonyl (C=O) groups excluding carboxylic acids is 1. The van der Waals surface area contributed by atoms with Crippen molar-refractivity contribution in [1.82, 2.24) is 14.7 Å². The van der Waals surface area contributed by atoms with Crippen molar-refractivity contribution >= 4 is 29.4 Å². The molecule has 0 spiro atoms. The summed E-state index contributed by atoms with van der Waals surface area (Å²) in [7, 11) is 0. The van der Waals surface area contributed by atoms with Gasteiger partial charge in [-0.3, -0.25) is 4.79 Å². The van der Waals surface area contributed by atoms with Crippen LogP contribution in [0, 0.1) is 5.41 Å². The molecule has 1 aliphatic carbocycles. The number of rotatable bonds is 4. The van der Waals surface area contributed by atoms with Crippen LogP contribution < -0.4 is 0 Å². The second-order valence-electron chi connectivity index (χ2n) is 6.59. The highest BCUT2D eigenvalue weighted by Crippen LogP contribution is 2.43. The molecule has 1 saturated carbocycles. The van der Waals surface area contributed by atoms with E-state index in [2.05, 4.69) is 9.80 Å². The van der Waals surface area contributed by atoms with Crippen LogP contribution in [-0.4, -0.2) is 82.4 Å². The van der Waals surface area contributed by atoms with Crippen molar-refractivity contribution in [3.05, 3.63) is 0 Å². The standard InChI is InChI=1S/C15H23N3O4S/c1-2-22-12(19)15(4-3-5-15)10-17-9-11-8-16(14(20)21)6-7-18(11)13(17)23/h11H,2-10H2,1H3,(H,20,21). The van der Waals surface area contributed by atoms with E-state index in [1.165, 1.54) is 4.90 Å². The Morgan fingerprint density at radius 1 is 1.35 bits per heavy atom. The number of thiocarbonyl (C=S) groups is 1. The molecule has 2 aliphatic heterocycles. The molecule has 1 amide bonds. The molecule has 1 unspecified atom stereocenters. The number of nitrogens with zero attached hydrogens (tertiary/aromatic N) is 3. The maximum atomic E-state index is 12.3. The van der Waals surface area contributed by atoms with Crippen molar-refractivity contribution < 1.29 is 19.4 Å². The van der Waals surface area contributed by atoms with Gasteiger partial charge in [0.05, 0.1) is 18.1 Å². The monoisotopic (exact) mass is 341 g/mol. The highest BCUT2D eigenvalue weighted by molar-refractivity contribution is 7.80. The van der Waals surface area contributed by atoms with Gasteiger partial charge in [-0.1, -0.05) is 6.42 Å². The highest BCUT2D eigenvalue weighted by Gasteiger charge is 2.49. The Labute approximate surface area is 141 Å². The summed E-state index contributed by atoms with van der Waals surface area (Å²) < 4.78 is 5.25. The minimum absolute atomic E-state index is 0.0895. The van der Waals surface area contributed by atoms with E-state index in [1.54, 1.807) is 0 Å². The fraction of sp³-hybridized carbons (Fsp3) is 0.800. The average molecular weight is 341 g/mol. The molecule has 3 aliphatic rings. The molecule has 128 valence electrons. The van der Waals surface area contributed by atoms with Crippen LogP contribution in [0.1, 0.15) is 26.2 Å². The lowest BCUT2D eigenvalue weighted by Crippen LogP contribution is -2.53. The van der Waals surface area contributed by atoms with Crippen molar-refractivity contribution in [2.45, 2.75) is 32.2 Å². The lowest BCUT2D eigenvalue weighted by atomic mass is 9.68. The number of ether oxygens (including phenoxy) is 1. The molecule has 0 radical (unpaired) electrons. The zero-order valence-corrected chi connectivity index (χ0v) is 14.2. The molecule has 2 saturated heterocycles. The van der Waals surface area contributed by atoms with Crippen LogP contribution in [0.3, 0.4) is 0 Å². The molecule has 23 heavy (non-hydrogen) atoms. The quantitative estimate of drug-likeness (QED) is 0.604. The first-order chi connectivity index (χ1) is 11.0. The van der Waals surface area contributed by atoms with Crippen LogP contribution in [0.2, 0.25) is 0 Å². The third kappa shape index (κ3) is 2.84. The number of hydrogen-bond donors (Lipinski definition) is 1. The summed E-state index contributed by atoms with van der Waals surface area (Å²) in [5, 5.41) is 9.90. The van der Waals surface area contributed by atoms with Crippen LogP contribution in [0.15, 0.2) is 0 Å². The largest absolute Gasteiger partial charge is 0.466 e. The normalized spacial score (nSPS) is 25.9. The Morgan fingerprint density at radius 2 is 2.09 bits per heavy atom. The third-order valence-corrected chi connectivity index (χ3v) is 5.71. The molecule has 2 heterocycles. The number of fused-ring (bicyclic) bond motifs is 1. The summed E-state index contributed by atoms with van der Waals surface area (Å²) in [5.41, 5.74) is -0.429. The second kappa shape index (κ2) is 6.14. The average Bonchev–Trinajstić information content (AvgIpc) is 2.78. The number of piperazine rings is 1. The number of amides is 1. The molecule has 1 atom stereocenters. The molecular formula is C15H23N3O4S. The SMILES string of the molecule is CCOC(=O)C1(CN2CC3CN(C(=O)O)CCN3C2=S)CCC1. The van der Waals surface area contributed by atoms with Gasteiger partial charge in [-0.2, -0.15) is 0 Å². The predicted octanol–water partition coefficient (Wildman–Crippen LogP) is 0.985. The first kappa shape index (κ1) is 16.3. The van der Waals surface area contributed by atoms with E-state index in [0.717, 1.165) is 24.4 Å². The molecule has 0 aromatic heterocycles. The van der Waals surface area contributed by atoms with Crippen LogP contribution in [0.5, 0.6) is 0 Å². The van der Waals surface area contributed by atoms with Gasteiger partial charge in [0.25, 0.3) is 0 Å². The van der Waals surface area contributed by atoms with E-state index in [9.17, 15) is 9.59 Å². The van der Waals surface area contributed by atoms with E-state index in [0.29, 0.717) is 39.3 Å². The Morgan fingerprint density at radius 3 is 2.65 bits per heavy atom. The summed E-state index contributed by atoms with van der Waals surface area (Å²) in [6.07, 6.45) is 1.85. The van der Waals surface area contributed by atoms with Crippen molar-refractivity contribution in [2.24, 2.45) is 5.41 Å². The number of carboxylic acid groups (broad SMARTS) is 1. The van der Waals surface area contributed by atoms with Crippen LogP contribution in [0.25, 0.3) is 0 Å². The van der Waals surface area contributed by atoms with E-state index >= 15 is 0 Å². The number of carbonyl (C=O) groups is 2. The van der Waals surface area contributed by atoms with Crippen molar-refractivity contribution in [3.8, 4) is 0 Å². The molecular weight excluding hydrogens is 318 g/mol. The summed E-state index contributed by atoms with van der Waals surface area (Å²) in [6, 6.07) is 0.0895. The summed E-state index contributed by atoms with van der Waals surface area (Å²) >= 11 is 5.57. The number of hydrogen-bond acceptors (Lipinski definition) is 4. The van der Waals surface area contributed by atoms with Crippen molar-refractivity contribution in [2.75, 3.05) is 39.3 Å². The lowest BCUT2D eigenvalue weighted by molar-refractivity contribution is -0.162. The Balaban J connectivity index is 1.67. The van der Waals surface area contributed by atoms with E-state index < -0.39 is 11.5 Å². The zero-order valence-electron chi connectivity index (χ0n) is 13.4. The van der Waals surface area contributed by atoms with Gasteiger partial charge in [-0.05, 0) is 32.0 Å². The minimum atomic E-state index is -0.879. The molecule has 1 N–H and O–H groups in total. The molecule has 8 heteroatoms. The summed E-state index contributed by atoms with van der Waals surface area (Å²) in [4.78, 5) is 29.1. The van der Waals surface area contributed by atoms with E-state index in [-0.39, 0.29) is 12.0 Å². The fourth-order valence-corrected chi connectivity index (χ4v) is 4.14. The van der Waals surface area contributed by atoms with Crippen molar-refractivity contribution in [3.63, 3.8) is 0 Å². The van der Waals surface area contributed by atoms with Crippen LogP contribution in [-0.2, 0) is 9.53 Å². The fourth-order valence-electron chi connectivity index (χ4n) is 3.76. The molecule has 7 nitrogen and oxygen atoms in total. The maximum Gasteiger partial charge on any atom is 0.407 e. The van der Waals surface area contributed by atoms with Crippen molar-refractivity contribution in [1.29, 1.82) is 0 Å². The summed E-state index contributed by atoms with van der Waals surface area (Å²) in [5.74, 6) is -0.119. The third-order valence-electron chi connectivity index (χ3n) is 5.21. The van der Waals surface area contributed by atoms with Gasteiger partial charge in [0.1, 0.15) is 0 Å². The Kier molecular flexibility index (Phi) is 4.35. The molecule has 3 fully saturated rings. The smallest absolute Gasteiger partial charge is 0.407 e. The van der Waals surface area contributed by atoms with Gasteiger partial charge in [0.15, 0.2) is 5.11 Å². The number of esters is 1. The predicted molar refractivity (Wildman–Crippen MR) is 87.2 cm³/mol. The van der Waals surface area contributed by atoms with Gasteiger partial charge in [0.2, 0.25) is 0 Å². The molecule has 0 aromatic carbocycles. The zero-order chi connectivity index (χ0) is 16.6. The van der Waals surface area contributed by atoms with Crippen LogP contribution >= 0.6 is 12.2 Å². The highest BCUT2D eigenvalue weighted by atomic mass is 32.1. The first-order valence-electron chi connectivity index (χ1n) is 8.17. The first-order valence-corrected chi connectivity index (χ1v) is 8.58. The minimum Gasteiger partial charge on any atom is -0.466 e. The summed E-state index contributed by atoms with van der Waals surface area (Å²) in [6.45, 7) is 5.06. The maximum absolute atomic E-state index is 12.3. The molecule has 0 bridgehead atoms. The van der Waals surface area contributed by atoms with Gasteiger partial charge < -0.3 is 24.5 Å².